The van der Waals surface area contributed by atoms with Gasteiger partial charge in [-0.3, -0.25) is 4.99 Å². The SMILES string of the molecule is CC1CCSC(=NCCC(C)(C)C)N1. The monoisotopic (exact) mass is 214 g/mol. The molecule has 1 unspecified atom stereocenters. The second kappa shape index (κ2) is 5.06. The minimum atomic E-state index is 0.398. The van der Waals surface area contributed by atoms with E-state index < -0.39 is 0 Å². The molecule has 1 aliphatic rings. The lowest BCUT2D eigenvalue weighted by molar-refractivity contribution is 0.385. The van der Waals surface area contributed by atoms with E-state index in [2.05, 4.69) is 38.0 Å². The Balaban J connectivity index is 2.30. The van der Waals surface area contributed by atoms with E-state index in [1.807, 2.05) is 11.8 Å². The average Bonchev–Trinajstić information content (AvgIpc) is 2.01. The highest BCUT2D eigenvalue weighted by Gasteiger charge is 2.13. The number of nitrogens with one attached hydrogen (secondary N) is 1. The fourth-order valence-corrected chi connectivity index (χ4v) is 2.37. The average molecular weight is 214 g/mol. The molecule has 2 nitrogen and oxygen atoms in total. The quantitative estimate of drug-likeness (QED) is 0.764. The molecule has 3 heteroatoms. The maximum Gasteiger partial charge on any atom is 0.156 e. The summed E-state index contributed by atoms with van der Waals surface area (Å²) in [5.41, 5.74) is 0.398. The molecule has 0 spiro atoms. The third kappa shape index (κ3) is 4.89. The van der Waals surface area contributed by atoms with Crippen LogP contribution in [0.15, 0.2) is 4.99 Å². The van der Waals surface area contributed by atoms with Crippen LogP contribution in [0, 0.1) is 5.41 Å². The van der Waals surface area contributed by atoms with Gasteiger partial charge in [0.25, 0.3) is 0 Å². The first-order chi connectivity index (χ1) is 6.47. The van der Waals surface area contributed by atoms with Crippen molar-refractivity contribution in [1.29, 1.82) is 0 Å². The van der Waals surface area contributed by atoms with Gasteiger partial charge in [0, 0.05) is 18.3 Å². The largest absolute Gasteiger partial charge is 0.362 e. The molecule has 0 aliphatic carbocycles. The fourth-order valence-electron chi connectivity index (χ4n) is 1.24. The van der Waals surface area contributed by atoms with Crippen LogP contribution in [0.5, 0.6) is 0 Å². The van der Waals surface area contributed by atoms with Gasteiger partial charge in [-0.2, -0.15) is 0 Å². The highest BCUT2D eigenvalue weighted by molar-refractivity contribution is 8.13. The number of amidine groups is 1. The summed E-state index contributed by atoms with van der Waals surface area (Å²) >= 11 is 1.86. The van der Waals surface area contributed by atoms with Crippen LogP contribution in [0.2, 0.25) is 0 Å². The molecule has 1 saturated heterocycles. The predicted molar refractivity (Wildman–Crippen MR) is 66.0 cm³/mol. The molecule has 1 rings (SSSR count). The summed E-state index contributed by atoms with van der Waals surface area (Å²) in [6, 6.07) is 0.602. The van der Waals surface area contributed by atoms with Gasteiger partial charge in [-0.1, -0.05) is 32.5 Å². The molecule has 1 atom stereocenters. The van der Waals surface area contributed by atoms with Crippen LogP contribution in [0.3, 0.4) is 0 Å². The smallest absolute Gasteiger partial charge is 0.156 e. The maximum absolute atomic E-state index is 4.59. The van der Waals surface area contributed by atoms with E-state index >= 15 is 0 Å². The summed E-state index contributed by atoms with van der Waals surface area (Å²) in [5, 5.41) is 4.56. The highest BCUT2D eigenvalue weighted by Crippen LogP contribution is 2.19. The van der Waals surface area contributed by atoms with Gasteiger partial charge in [-0.25, -0.2) is 0 Å². The van der Waals surface area contributed by atoms with Gasteiger partial charge >= 0.3 is 0 Å². The Labute approximate surface area is 92.0 Å². The van der Waals surface area contributed by atoms with E-state index in [9.17, 15) is 0 Å². The summed E-state index contributed by atoms with van der Waals surface area (Å²) in [4.78, 5) is 4.59. The van der Waals surface area contributed by atoms with Crippen molar-refractivity contribution in [3.05, 3.63) is 0 Å². The van der Waals surface area contributed by atoms with Gasteiger partial charge in [0.15, 0.2) is 5.17 Å². The van der Waals surface area contributed by atoms with Crippen LogP contribution in [0.1, 0.15) is 40.5 Å². The highest BCUT2D eigenvalue weighted by atomic mass is 32.2. The molecular weight excluding hydrogens is 192 g/mol. The molecule has 1 fully saturated rings. The third-order valence-corrected chi connectivity index (χ3v) is 3.24. The first-order valence-corrected chi connectivity index (χ1v) is 6.40. The van der Waals surface area contributed by atoms with Gasteiger partial charge < -0.3 is 5.32 Å². The first kappa shape index (κ1) is 11.9. The maximum atomic E-state index is 4.59. The van der Waals surface area contributed by atoms with Crippen molar-refractivity contribution in [3.8, 4) is 0 Å². The lowest BCUT2D eigenvalue weighted by atomic mass is 9.93. The van der Waals surface area contributed by atoms with E-state index in [4.69, 9.17) is 0 Å². The molecule has 0 amide bonds. The molecule has 0 aromatic rings. The topological polar surface area (TPSA) is 24.4 Å². The molecule has 0 aromatic heterocycles. The zero-order chi connectivity index (χ0) is 10.6. The first-order valence-electron chi connectivity index (χ1n) is 5.41. The molecular formula is C11H22N2S. The molecule has 14 heavy (non-hydrogen) atoms. The Morgan fingerprint density at radius 3 is 2.79 bits per heavy atom. The third-order valence-electron chi connectivity index (χ3n) is 2.28. The normalized spacial score (nSPS) is 26.3. The molecule has 0 saturated carbocycles. The van der Waals surface area contributed by atoms with Gasteiger partial charge in [0.05, 0.1) is 0 Å². The summed E-state index contributed by atoms with van der Waals surface area (Å²) in [5.74, 6) is 1.21. The van der Waals surface area contributed by atoms with Crippen molar-refractivity contribution >= 4 is 16.9 Å². The molecule has 1 heterocycles. The standard InChI is InChI=1S/C11H22N2S/c1-9-5-8-14-10(13-9)12-7-6-11(2,3)4/h9H,5-8H2,1-4H3,(H,12,13). The van der Waals surface area contributed by atoms with Gasteiger partial charge in [-0.15, -0.1) is 0 Å². The molecule has 82 valence electrons. The van der Waals surface area contributed by atoms with Crippen LogP contribution in [0.25, 0.3) is 0 Å². The minimum Gasteiger partial charge on any atom is -0.362 e. The van der Waals surface area contributed by atoms with E-state index in [1.165, 1.54) is 12.2 Å². The Bertz CT molecular complexity index is 206. The lowest BCUT2D eigenvalue weighted by Gasteiger charge is -2.22. The van der Waals surface area contributed by atoms with Crippen molar-refractivity contribution in [2.24, 2.45) is 10.4 Å². The van der Waals surface area contributed by atoms with E-state index in [0.29, 0.717) is 11.5 Å². The Hall–Kier alpha value is -0.180. The number of aliphatic imine (C=N–C) groups is 1. The molecule has 0 bridgehead atoms. The van der Waals surface area contributed by atoms with Crippen LogP contribution >= 0.6 is 11.8 Å². The Morgan fingerprint density at radius 1 is 1.50 bits per heavy atom. The van der Waals surface area contributed by atoms with E-state index in [-0.39, 0.29) is 0 Å². The van der Waals surface area contributed by atoms with Crippen molar-refractivity contribution in [3.63, 3.8) is 0 Å². The van der Waals surface area contributed by atoms with Crippen LogP contribution < -0.4 is 5.32 Å². The van der Waals surface area contributed by atoms with Crippen molar-refractivity contribution in [1.82, 2.24) is 5.32 Å². The molecule has 1 N–H and O–H groups in total. The number of hydrogen-bond acceptors (Lipinski definition) is 2. The number of hydrogen-bond donors (Lipinski definition) is 1. The van der Waals surface area contributed by atoms with Gasteiger partial charge in [-0.05, 0) is 25.2 Å². The number of nitrogens with zero attached hydrogens (tertiary/aromatic N) is 1. The van der Waals surface area contributed by atoms with Gasteiger partial charge in [0.2, 0.25) is 0 Å². The van der Waals surface area contributed by atoms with Crippen molar-refractivity contribution in [2.45, 2.75) is 46.6 Å². The summed E-state index contributed by atoms with van der Waals surface area (Å²) in [6.45, 7) is 9.95. The van der Waals surface area contributed by atoms with Crippen LogP contribution in [-0.2, 0) is 0 Å². The number of thioether (sulfide) groups is 1. The Kier molecular flexibility index (Phi) is 4.30. The van der Waals surface area contributed by atoms with Crippen molar-refractivity contribution < 1.29 is 0 Å². The zero-order valence-electron chi connectivity index (χ0n) is 9.76. The fraction of sp³-hybridized carbons (Fsp3) is 0.909. The molecule has 0 aromatic carbocycles. The summed E-state index contributed by atoms with van der Waals surface area (Å²) < 4.78 is 0. The molecule has 0 radical (unpaired) electrons. The predicted octanol–water partition coefficient (Wildman–Crippen LogP) is 2.89. The van der Waals surface area contributed by atoms with Crippen molar-refractivity contribution in [2.75, 3.05) is 12.3 Å². The van der Waals surface area contributed by atoms with Gasteiger partial charge in [0.1, 0.15) is 0 Å². The molecule has 1 aliphatic heterocycles. The number of rotatable bonds is 2. The summed E-state index contributed by atoms with van der Waals surface area (Å²) in [6.07, 6.45) is 2.41. The minimum absolute atomic E-state index is 0.398. The van der Waals surface area contributed by atoms with E-state index in [1.54, 1.807) is 0 Å². The lowest BCUT2D eigenvalue weighted by Crippen LogP contribution is -2.35. The zero-order valence-corrected chi connectivity index (χ0v) is 10.6. The second-order valence-electron chi connectivity index (χ2n) is 5.18. The van der Waals surface area contributed by atoms with Crippen LogP contribution in [-0.4, -0.2) is 23.5 Å². The summed E-state index contributed by atoms with van der Waals surface area (Å²) in [7, 11) is 0. The van der Waals surface area contributed by atoms with Crippen LogP contribution in [0.4, 0.5) is 0 Å². The second-order valence-corrected chi connectivity index (χ2v) is 6.26. The van der Waals surface area contributed by atoms with E-state index in [0.717, 1.165) is 18.1 Å². The Morgan fingerprint density at radius 2 is 2.21 bits per heavy atom.